The van der Waals surface area contributed by atoms with E-state index in [-0.39, 0.29) is 17.3 Å². The van der Waals surface area contributed by atoms with Gasteiger partial charge in [0, 0.05) is 0 Å². The molecule has 0 aliphatic heterocycles. The molecule has 0 fully saturated rings. The lowest BCUT2D eigenvalue weighted by Crippen LogP contribution is -2.10. The minimum absolute atomic E-state index is 0.0906. The maximum absolute atomic E-state index is 11.0. The molecule has 4 N–H and O–H groups in total. The molecule has 19 heavy (non-hydrogen) atoms. The number of aryl methyl sites for hydroxylation is 1. The van der Waals surface area contributed by atoms with E-state index in [1.807, 2.05) is 26.0 Å². The summed E-state index contributed by atoms with van der Waals surface area (Å²) in [7, 11) is 0. The summed E-state index contributed by atoms with van der Waals surface area (Å²) in [6.45, 7) is 3.79. The van der Waals surface area contributed by atoms with Crippen molar-refractivity contribution in [2.75, 3.05) is 11.1 Å². The van der Waals surface area contributed by atoms with Crippen LogP contribution in [0.1, 0.15) is 34.8 Å². The third-order valence-electron chi connectivity index (χ3n) is 2.90. The third-order valence-corrected chi connectivity index (χ3v) is 2.90. The van der Waals surface area contributed by atoms with Gasteiger partial charge in [0.15, 0.2) is 0 Å². The Hall–Kier alpha value is -2.43. The molecule has 1 heterocycles. The highest BCUT2D eigenvalue weighted by molar-refractivity contribution is 5.97. The molecule has 1 aromatic carbocycles. The van der Waals surface area contributed by atoms with E-state index in [1.165, 1.54) is 6.07 Å². The van der Waals surface area contributed by atoms with E-state index in [9.17, 15) is 4.79 Å². The van der Waals surface area contributed by atoms with Gasteiger partial charge in [-0.2, -0.15) is 0 Å². The minimum Gasteiger partial charge on any atom is -0.478 e. The summed E-state index contributed by atoms with van der Waals surface area (Å²) < 4.78 is 5.52. The highest BCUT2D eigenvalue weighted by Crippen LogP contribution is 2.27. The van der Waals surface area contributed by atoms with Gasteiger partial charge in [-0.25, -0.2) is 4.79 Å². The molecule has 1 atom stereocenters. The van der Waals surface area contributed by atoms with Crippen molar-refractivity contribution in [2.45, 2.75) is 19.9 Å². The first-order chi connectivity index (χ1) is 8.99. The summed E-state index contributed by atoms with van der Waals surface area (Å²) in [6, 6.07) is 8.54. The van der Waals surface area contributed by atoms with Gasteiger partial charge in [-0.15, -0.1) is 0 Å². The number of nitrogens with one attached hydrogen (secondary N) is 1. The Morgan fingerprint density at radius 1 is 1.37 bits per heavy atom. The second kappa shape index (κ2) is 5.06. The van der Waals surface area contributed by atoms with E-state index in [0.29, 0.717) is 5.69 Å². The average molecular weight is 260 g/mol. The molecule has 0 aliphatic rings. The van der Waals surface area contributed by atoms with Crippen LogP contribution in [0.5, 0.6) is 0 Å². The Bertz CT molecular complexity index is 604. The van der Waals surface area contributed by atoms with Crippen molar-refractivity contribution in [1.29, 1.82) is 0 Å². The van der Waals surface area contributed by atoms with E-state index in [2.05, 4.69) is 5.32 Å². The number of anilines is 2. The molecular weight excluding hydrogens is 244 g/mol. The summed E-state index contributed by atoms with van der Waals surface area (Å²) >= 11 is 0. The Labute approximate surface area is 111 Å². The molecule has 1 aromatic heterocycles. The minimum atomic E-state index is -1.04. The molecule has 0 aliphatic carbocycles. The number of carboxylic acids is 1. The molecule has 0 amide bonds. The summed E-state index contributed by atoms with van der Waals surface area (Å²) in [4.78, 5) is 11.0. The van der Waals surface area contributed by atoms with Crippen molar-refractivity contribution in [1.82, 2.24) is 0 Å². The molecule has 2 rings (SSSR count). The zero-order valence-electron chi connectivity index (χ0n) is 10.8. The standard InChI is InChI=1S/C14H16N2O3/c1-8-6-7-12(19-8)9(2)16-11-5-3-4-10(13(11)15)14(17)18/h3-7,9,16H,15H2,1-2H3,(H,17,18). The first-order valence-corrected chi connectivity index (χ1v) is 5.93. The van der Waals surface area contributed by atoms with Crippen LogP contribution in [-0.2, 0) is 0 Å². The van der Waals surface area contributed by atoms with Gasteiger partial charge in [0.1, 0.15) is 11.5 Å². The van der Waals surface area contributed by atoms with Crippen molar-refractivity contribution >= 4 is 17.3 Å². The van der Waals surface area contributed by atoms with Crippen LogP contribution in [0.3, 0.4) is 0 Å². The predicted octanol–water partition coefficient (Wildman–Crippen LogP) is 3.04. The summed E-state index contributed by atoms with van der Waals surface area (Å²) in [5, 5.41) is 12.2. The lowest BCUT2D eigenvalue weighted by atomic mass is 10.1. The van der Waals surface area contributed by atoms with Crippen molar-refractivity contribution in [3.63, 3.8) is 0 Å². The molecule has 0 radical (unpaired) electrons. The Kier molecular flexibility index (Phi) is 3.46. The maximum atomic E-state index is 11.0. The van der Waals surface area contributed by atoms with Gasteiger partial charge in [-0.05, 0) is 38.1 Å². The van der Waals surface area contributed by atoms with E-state index in [0.717, 1.165) is 11.5 Å². The van der Waals surface area contributed by atoms with Crippen LogP contribution in [0.25, 0.3) is 0 Å². The molecule has 1 unspecified atom stereocenters. The normalized spacial score (nSPS) is 12.1. The number of carboxylic acid groups (broad SMARTS) is 1. The largest absolute Gasteiger partial charge is 0.478 e. The fourth-order valence-electron chi connectivity index (χ4n) is 1.87. The average Bonchev–Trinajstić information content (AvgIpc) is 2.78. The van der Waals surface area contributed by atoms with E-state index < -0.39 is 5.97 Å². The fourth-order valence-corrected chi connectivity index (χ4v) is 1.87. The van der Waals surface area contributed by atoms with E-state index in [1.54, 1.807) is 12.1 Å². The lowest BCUT2D eigenvalue weighted by molar-refractivity contribution is 0.0698. The highest BCUT2D eigenvalue weighted by Gasteiger charge is 2.14. The topological polar surface area (TPSA) is 88.5 Å². The summed E-state index contributed by atoms with van der Waals surface area (Å²) in [5.74, 6) is 0.566. The van der Waals surface area contributed by atoms with E-state index >= 15 is 0 Å². The number of nitrogen functional groups attached to an aromatic ring is 1. The number of hydrogen-bond acceptors (Lipinski definition) is 4. The number of hydrogen-bond donors (Lipinski definition) is 3. The van der Waals surface area contributed by atoms with Crippen molar-refractivity contribution in [3.8, 4) is 0 Å². The number of para-hydroxylation sites is 1. The zero-order chi connectivity index (χ0) is 14.0. The van der Waals surface area contributed by atoms with Gasteiger partial charge >= 0.3 is 5.97 Å². The SMILES string of the molecule is Cc1ccc(C(C)Nc2cccc(C(=O)O)c2N)o1. The molecule has 5 heteroatoms. The molecule has 100 valence electrons. The van der Waals surface area contributed by atoms with Crippen LogP contribution >= 0.6 is 0 Å². The third kappa shape index (κ3) is 2.70. The highest BCUT2D eigenvalue weighted by atomic mass is 16.4. The van der Waals surface area contributed by atoms with Crippen molar-refractivity contribution < 1.29 is 14.3 Å². The summed E-state index contributed by atoms with van der Waals surface area (Å²) in [5.41, 5.74) is 6.74. The van der Waals surface area contributed by atoms with Gasteiger partial charge in [0.25, 0.3) is 0 Å². The number of carbonyl (C=O) groups is 1. The van der Waals surface area contributed by atoms with Crippen LogP contribution in [0.15, 0.2) is 34.7 Å². The monoisotopic (exact) mass is 260 g/mol. The second-order valence-corrected chi connectivity index (χ2v) is 4.39. The molecular formula is C14H16N2O3. The van der Waals surface area contributed by atoms with Crippen molar-refractivity contribution in [3.05, 3.63) is 47.4 Å². The fraction of sp³-hybridized carbons (Fsp3) is 0.214. The number of benzene rings is 1. The number of furan rings is 1. The molecule has 2 aromatic rings. The van der Waals surface area contributed by atoms with Crippen LogP contribution in [0.2, 0.25) is 0 Å². The first-order valence-electron chi connectivity index (χ1n) is 5.93. The Balaban J connectivity index is 2.24. The maximum Gasteiger partial charge on any atom is 0.337 e. The zero-order valence-corrected chi connectivity index (χ0v) is 10.8. The summed E-state index contributed by atoms with van der Waals surface area (Å²) in [6.07, 6.45) is 0. The Morgan fingerprint density at radius 2 is 2.11 bits per heavy atom. The predicted molar refractivity (Wildman–Crippen MR) is 73.3 cm³/mol. The van der Waals surface area contributed by atoms with Gasteiger partial charge in [0.05, 0.1) is 23.0 Å². The molecule has 0 saturated heterocycles. The van der Waals surface area contributed by atoms with Crippen molar-refractivity contribution in [2.24, 2.45) is 0 Å². The van der Waals surface area contributed by atoms with Crippen LogP contribution < -0.4 is 11.1 Å². The van der Waals surface area contributed by atoms with Crippen LogP contribution in [0.4, 0.5) is 11.4 Å². The quantitative estimate of drug-likeness (QED) is 0.735. The Morgan fingerprint density at radius 3 is 2.68 bits per heavy atom. The smallest absolute Gasteiger partial charge is 0.337 e. The van der Waals surface area contributed by atoms with E-state index in [4.69, 9.17) is 15.3 Å². The van der Waals surface area contributed by atoms with Gasteiger partial charge < -0.3 is 20.6 Å². The van der Waals surface area contributed by atoms with Gasteiger partial charge in [0.2, 0.25) is 0 Å². The number of aromatic carboxylic acids is 1. The lowest BCUT2D eigenvalue weighted by Gasteiger charge is -2.15. The van der Waals surface area contributed by atoms with Gasteiger partial charge in [-0.1, -0.05) is 6.07 Å². The molecule has 0 bridgehead atoms. The molecule has 0 spiro atoms. The molecule has 0 saturated carbocycles. The van der Waals surface area contributed by atoms with Gasteiger partial charge in [-0.3, -0.25) is 0 Å². The van der Waals surface area contributed by atoms with Crippen LogP contribution in [-0.4, -0.2) is 11.1 Å². The number of nitrogens with two attached hydrogens (primary N) is 1. The first kappa shape index (κ1) is 13.0. The second-order valence-electron chi connectivity index (χ2n) is 4.39. The number of rotatable bonds is 4. The van der Waals surface area contributed by atoms with Crippen LogP contribution in [0, 0.1) is 6.92 Å². The molecule has 5 nitrogen and oxygen atoms in total.